The van der Waals surface area contributed by atoms with Crippen molar-refractivity contribution in [1.29, 1.82) is 0 Å². The van der Waals surface area contributed by atoms with Crippen molar-refractivity contribution in [3.05, 3.63) is 87.9 Å². The van der Waals surface area contributed by atoms with Crippen LogP contribution in [0.25, 0.3) is 11.1 Å². The highest BCUT2D eigenvalue weighted by atomic mass is 35.5. The van der Waals surface area contributed by atoms with Crippen molar-refractivity contribution in [2.24, 2.45) is 5.73 Å². The van der Waals surface area contributed by atoms with E-state index in [0.717, 1.165) is 28.0 Å². The molecule has 0 saturated heterocycles. The summed E-state index contributed by atoms with van der Waals surface area (Å²) >= 11 is 12.5. The van der Waals surface area contributed by atoms with Crippen LogP contribution in [0.15, 0.2) is 66.7 Å². The molecular formula is C20H17Cl2NO. The average molecular weight is 358 g/mol. The Balaban J connectivity index is 1.98. The third-order valence-corrected chi connectivity index (χ3v) is 4.30. The van der Waals surface area contributed by atoms with Crippen LogP contribution in [0.1, 0.15) is 11.1 Å². The van der Waals surface area contributed by atoms with Crippen molar-refractivity contribution in [2.75, 3.05) is 0 Å². The van der Waals surface area contributed by atoms with E-state index in [9.17, 15) is 0 Å². The van der Waals surface area contributed by atoms with Gasteiger partial charge in [0.25, 0.3) is 0 Å². The Morgan fingerprint density at radius 2 is 1.58 bits per heavy atom. The molecule has 0 aliphatic carbocycles. The zero-order chi connectivity index (χ0) is 16.9. The van der Waals surface area contributed by atoms with Crippen LogP contribution in [0, 0.1) is 0 Å². The normalized spacial score (nSPS) is 10.6. The molecule has 3 aromatic carbocycles. The number of nitrogens with two attached hydrogens (primary N) is 1. The largest absolute Gasteiger partial charge is 0.488 e. The Morgan fingerprint density at radius 1 is 0.792 bits per heavy atom. The van der Waals surface area contributed by atoms with Gasteiger partial charge in [0, 0.05) is 27.7 Å². The van der Waals surface area contributed by atoms with Gasteiger partial charge in [0.05, 0.1) is 0 Å². The number of benzene rings is 3. The van der Waals surface area contributed by atoms with Crippen molar-refractivity contribution in [3.8, 4) is 16.9 Å². The van der Waals surface area contributed by atoms with Gasteiger partial charge in [-0.25, -0.2) is 0 Å². The van der Waals surface area contributed by atoms with Gasteiger partial charge in [-0.15, -0.1) is 0 Å². The second-order valence-electron chi connectivity index (χ2n) is 5.43. The third kappa shape index (κ3) is 3.90. The van der Waals surface area contributed by atoms with Crippen LogP contribution in [-0.2, 0) is 13.2 Å². The smallest absolute Gasteiger partial charge is 0.128 e. The lowest BCUT2D eigenvalue weighted by Crippen LogP contribution is -2.01. The maximum absolute atomic E-state index is 6.35. The zero-order valence-electron chi connectivity index (χ0n) is 13.0. The van der Waals surface area contributed by atoms with E-state index in [1.807, 2.05) is 54.6 Å². The first-order valence-corrected chi connectivity index (χ1v) is 8.38. The number of hydrogen-bond acceptors (Lipinski definition) is 2. The maximum atomic E-state index is 6.35. The van der Waals surface area contributed by atoms with Crippen LogP contribution in [0.3, 0.4) is 0 Å². The molecule has 0 radical (unpaired) electrons. The molecule has 4 heteroatoms. The van der Waals surface area contributed by atoms with Gasteiger partial charge < -0.3 is 10.5 Å². The molecule has 122 valence electrons. The minimum absolute atomic E-state index is 0.450. The molecule has 2 N–H and O–H groups in total. The van der Waals surface area contributed by atoms with Crippen molar-refractivity contribution in [2.45, 2.75) is 13.2 Å². The minimum atomic E-state index is 0.450. The first-order valence-electron chi connectivity index (χ1n) is 7.62. The zero-order valence-corrected chi connectivity index (χ0v) is 14.5. The molecule has 0 amide bonds. The fraction of sp³-hybridized carbons (Fsp3) is 0.100. The molecule has 24 heavy (non-hydrogen) atoms. The molecule has 0 heterocycles. The van der Waals surface area contributed by atoms with E-state index in [1.54, 1.807) is 12.1 Å². The molecule has 3 rings (SSSR count). The summed E-state index contributed by atoms with van der Waals surface area (Å²) in [5.41, 5.74) is 9.60. The van der Waals surface area contributed by atoms with Gasteiger partial charge in [0.2, 0.25) is 0 Å². The van der Waals surface area contributed by atoms with E-state index in [2.05, 4.69) is 0 Å². The number of ether oxygens (including phenoxy) is 1. The highest BCUT2D eigenvalue weighted by Gasteiger charge is 2.12. The van der Waals surface area contributed by atoms with E-state index < -0.39 is 0 Å². The summed E-state index contributed by atoms with van der Waals surface area (Å²) in [5, 5.41) is 1.26. The summed E-state index contributed by atoms with van der Waals surface area (Å²) in [5.74, 6) is 0.742. The lowest BCUT2D eigenvalue weighted by Gasteiger charge is -2.14. The van der Waals surface area contributed by atoms with E-state index in [-0.39, 0.29) is 0 Å². The Morgan fingerprint density at radius 3 is 2.33 bits per heavy atom. The van der Waals surface area contributed by atoms with E-state index in [0.29, 0.717) is 23.2 Å². The lowest BCUT2D eigenvalue weighted by atomic mass is 10.0. The number of halogens is 2. The minimum Gasteiger partial charge on any atom is -0.488 e. The first kappa shape index (κ1) is 16.8. The monoisotopic (exact) mass is 357 g/mol. The van der Waals surface area contributed by atoms with Crippen LogP contribution in [0.2, 0.25) is 10.0 Å². The second-order valence-corrected chi connectivity index (χ2v) is 6.28. The highest BCUT2D eigenvalue weighted by molar-refractivity contribution is 6.35. The maximum Gasteiger partial charge on any atom is 0.128 e. The van der Waals surface area contributed by atoms with Gasteiger partial charge in [0.15, 0.2) is 0 Å². The molecular weight excluding hydrogens is 341 g/mol. The van der Waals surface area contributed by atoms with E-state index in [4.69, 9.17) is 33.7 Å². The first-order chi connectivity index (χ1) is 11.7. The van der Waals surface area contributed by atoms with Crippen molar-refractivity contribution in [3.63, 3.8) is 0 Å². The molecule has 0 saturated carbocycles. The molecule has 0 atom stereocenters. The van der Waals surface area contributed by atoms with Crippen LogP contribution in [-0.4, -0.2) is 0 Å². The molecule has 0 aliphatic rings. The fourth-order valence-electron chi connectivity index (χ4n) is 2.47. The average Bonchev–Trinajstić information content (AvgIpc) is 2.62. The molecule has 3 aromatic rings. The Labute approximate surface area is 151 Å². The van der Waals surface area contributed by atoms with Gasteiger partial charge in [-0.05, 0) is 35.4 Å². The Kier molecular flexibility index (Phi) is 5.41. The van der Waals surface area contributed by atoms with Gasteiger partial charge in [-0.3, -0.25) is 0 Å². The summed E-state index contributed by atoms with van der Waals surface area (Å²) < 4.78 is 6.06. The van der Waals surface area contributed by atoms with Crippen LogP contribution in [0.4, 0.5) is 0 Å². The van der Waals surface area contributed by atoms with Crippen LogP contribution in [0.5, 0.6) is 5.75 Å². The summed E-state index contributed by atoms with van der Waals surface area (Å²) in [6, 6.07) is 21.3. The van der Waals surface area contributed by atoms with Crippen LogP contribution < -0.4 is 10.5 Å². The standard InChI is InChI=1S/C20H17Cl2NO/c21-16-7-9-19(22)18(11-16)17-8-6-15(12-23)10-20(17)24-13-14-4-2-1-3-5-14/h1-11H,12-13,23H2. The summed E-state index contributed by atoms with van der Waals surface area (Å²) in [6.07, 6.45) is 0. The predicted molar refractivity (Wildman–Crippen MR) is 101 cm³/mol. The molecule has 0 aliphatic heterocycles. The van der Waals surface area contributed by atoms with Gasteiger partial charge in [-0.1, -0.05) is 65.7 Å². The highest BCUT2D eigenvalue weighted by Crippen LogP contribution is 2.37. The van der Waals surface area contributed by atoms with Gasteiger partial charge in [0.1, 0.15) is 12.4 Å². The van der Waals surface area contributed by atoms with Crippen molar-refractivity contribution in [1.82, 2.24) is 0 Å². The number of hydrogen-bond donors (Lipinski definition) is 1. The number of rotatable bonds is 5. The van der Waals surface area contributed by atoms with Crippen LogP contribution >= 0.6 is 23.2 Å². The molecule has 2 nitrogen and oxygen atoms in total. The van der Waals surface area contributed by atoms with Crippen molar-refractivity contribution >= 4 is 23.2 Å². The summed E-state index contributed by atoms with van der Waals surface area (Å²) in [6.45, 7) is 0.922. The lowest BCUT2D eigenvalue weighted by molar-refractivity contribution is 0.307. The molecule has 0 fully saturated rings. The molecule has 0 unspecified atom stereocenters. The second kappa shape index (κ2) is 7.71. The predicted octanol–water partition coefficient (Wildman–Crippen LogP) is 5.70. The van der Waals surface area contributed by atoms with Gasteiger partial charge >= 0.3 is 0 Å². The van der Waals surface area contributed by atoms with E-state index in [1.165, 1.54) is 0 Å². The van der Waals surface area contributed by atoms with Gasteiger partial charge in [-0.2, -0.15) is 0 Å². The molecule has 0 spiro atoms. The quantitative estimate of drug-likeness (QED) is 0.635. The van der Waals surface area contributed by atoms with E-state index >= 15 is 0 Å². The Bertz CT molecular complexity index is 834. The molecule has 0 bridgehead atoms. The third-order valence-electron chi connectivity index (χ3n) is 3.74. The summed E-state index contributed by atoms with van der Waals surface area (Å²) in [7, 11) is 0. The Hall–Kier alpha value is -2.00. The molecule has 0 aromatic heterocycles. The SMILES string of the molecule is NCc1ccc(-c2cc(Cl)ccc2Cl)c(OCc2ccccc2)c1. The topological polar surface area (TPSA) is 35.2 Å². The fourth-order valence-corrected chi connectivity index (χ4v) is 2.87. The summed E-state index contributed by atoms with van der Waals surface area (Å²) in [4.78, 5) is 0. The van der Waals surface area contributed by atoms with Crippen molar-refractivity contribution < 1.29 is 4.74 Å².